The van der Waals surface area contributed by atoms with Crippen molar-refractivity contribution in [2.24, 2.45) is 5.41 Å². The second-order valence-electron chi connectivity index (χ2n) is 5.82. The molecule has 0 radical (unpaired) electrons. The Balaban J connectivity index is 2.22. The van der Waals surface area contributed by atoms with Gasteiger partial charge in [0.15, 0.2) is 0 Å². The number of rotatable bonds is 1. The van der Waals surface area contributed by atoms with E-state index in [0.717, 1.165) is 17.0 Å². The molecule has 0 aromatic heterocycles. The molecule has 0 spiro atoms. The van der Waals surface area contributed by atoms with E-state index in [9.17, 15) is 0 Å². The van der Waals surface area contributed by atoms with Gasteiger partial charge in [-0.3, -0.25) is 0 Å². The Kier molecular flexibility index (Phi) is 4.11. The zero-order chi connectivity index (χ0) is 14.9. The minimum Gasteiger partial charge on any atom is -0.0966 e. The Morgan fingerprint density at radius 2 is 1.45 bits per heavy atom. The molecule has 0 atom stereocenters. The molecule has 0 heterocycles. The molecule has 0 saturated heterocycles. The third kappa shape index (κ3) is 2.56. The average Bonchev–Trinajstić information content (AvgIpc) is 2.58. The molecule has 0 fully saturated rings. The quantitative estimate of drug-likeness (QED) is 0.574. The first kappa shape index (κ1) is 14.9. The first-order valence-electron chi connectivity index (χ1n) is 6.97. The summed E-state index contributed by atoms with van der Waals surface area (Å²) in [5.41, 5.74) is 6.88. The molecule has 20 heavy (non-hydrogen) atoms. The van der Waals surface area contributed by atoms with E-state index < -0.39 is 0 Å². The van der Waals surface area contributed by atoms with Crippen molar-refractivity contribution >= 4 is 11.6 Å². The summed E-state index contributed by atoms with van der Waals surface area (Å²) in [5, 5.41) is 0.752. The molecule has 1 heteroatoms. The van der Waals surface area contributed by atoms with Crippen LogP contribution in [0.15, 0.2) is 46.6 Å². The van der Waals surface area contributed by atoms with Crippen molar-refractivity contribution in [2.45, 2.75) is 41.0 Å². The van der Waals surface area contributed by atoms with Crippen LogP contribution in [0.1, 0.15) is 46.6 Å². The Labute approximate surface area is 127 Å². The number of benzene rings is 1. The SMILES string of the molecule is CC1=C(C)C(C)(CC#Cc2ccc(Cl)cc2)C(C)=C1C. The van der Waals surface area contributed by atoms with E-state index in [1.807, 2.05) is 24.3 Å². The predicted octanol–water partition coefficient (Wildman–Crippen LogP) is 5.77. The monoisotopic (exact) mass is 284 g/mol. The first-order valence-corrected chi connectivity index (χ1v) is 7.35. The van der Waals surface area contributed by atoms with E-state index in [1.54, 1.807) is 0 Å². The van der Waals surface area contributed by atoms with Crippen molar-refractivity contribution in [3.8, 4) is 11.8 Å². The van der Waals surface area contributed by atoms with Crippen molar-refractivity contribution in [3.63, 3.8) is 0 Å². The molecule has 2 rings (SSSR count). The lowest BCUT2D eigenvalue weighted by molar-refractivity contribution is 0.502. The summed E-state index contributed by atoms with van der Waals surface area (Å²) in [6.45, 7) is 11.2. The van der Waals surface area contributed by atoms with Gasteiger partial charge in [-0.2, -0.15) is 0 Å². The highest BCUT2D eigenvalue weighted by molar-refractivity contribution is 6.30. The average molecular weight is 285 g/mol. The van der Waals surface area contributed by atoms with Crippen LogP contribution >= 0.6 is 11.6 Å². The summed E-state index contributed by atoms with van der Waals surface area (Å²) in [4.78, 5) is 0. The van der Waals surface area contributed by atoms with Gasteiger partial charge in [0.2, 0.25) is 0 Å². The van der Waals surface area contributed by atoms with E-state index in [-0.39, 0.29) is 5.41 Å². The largest absolute Gasteiger partial charge is 0.0966 e. The number of allylic oxidation sites excluding steroid dienone is 4. The molecule has 1 aromatic carbocycles. The standard InChI is InChI=1S/C19H21Cl/c1-13-14(2)16(4)19(5,15(13)3)12-6-7-17-8-10-18(20)11-9-17/h8-11H,12H2,1-5H3. The van der Waals surface area contributed by atoms with Crippen molar-refractivity contribution in [1.82, 2.24) is 0 Å². The van der Waals surface area contributed by atoms with E-state index in [2.05, 4.69) is 46.5 Å². The molecule has 0 aliphatic heterocycles. The van der Waals surface area contributed by atoms with Crippen molar-refractivity contribution in [1.29, 1.82) is 0 Å². The zero-order valence-electron chi connectivity index (χ0n) is 12.9. The van der Waals surface area contributed by atoms with Crippen molar-refractivity contribution in [2.75, 3.05) is 0 Å². The highest BCUT2D eigenvalue weighted by Gasteiger charge is 2.35. The maximum absolute atomic E-state index is 5.88. The second kappa shape index (κ2) is 5.51. The van der Waals surface area contributed by atoms with Crippen LogP contribution in [0.2, 0.25) is 5.02 Å². The Morgan fingerprint density at radius 1 is 0.950 bits per heavy atom. The van der Waals surface area contributed by atoms with Crippen LogP contribution in [0.5, 0.6) is 0 Å². The van der Waals surface area contributed by atoms with E-state index in [1.165, 1.54) is 22.3 Å². The fourth-order valence-electron chi connectivity index (χ4n) is 2.79. The normalized spacial score (nSPS) is 17.3. The lowest BCUT2D eigenvalue weighted by atomic mass is 9.77. The van der Waals surface area contributed by atoms with E-state index >= 15 is 0 Å². The molecule has 1 aromatic rings. The van der Waals surface area contributed by atoms with Crippen LogP contribution in [-0.2, 0) is 0 Å². The van der Waals surface area contributed by atoms with Crippen molar-refractivity contribution in [3.05, 3.63) is 57.1 Å². The van der Waals surface area contributed by atoms with Gasteiger partial charge in [-0.05, 0) is 63.1 Å². The first-order chi connectivity index (χ1) is 9.36. The Bertz CT molecular complexity index is 621. The van der Waals surface area contributed by atoms with Crippen LogP contribution in [0.4, 0.5) is 0 Å². The van der Waals surface area contributed by atoms with Gasteiger partial charge in [-0.25, -0.2) is 0 Å². The zero-order valence-corrected chi connectivity index (χ0v) is 13.7. The van der Waals surface area contributed by atoms with Crippen LogP contribution in [-0.4, -0.2) is 0 Å². The molecule has 0 saturated carbocycles. The minimum atomic E-state index is 0.0909. The third-order valence-electron chi connectivity index (χ3n) is 4.86. The highest BCUT2D eigenvalue weighted by atomic mass is 35.5. The summed E-state index contributed by atoms with van der Waals surface area (Å²) in [7, 11) is 0. The number of hydrogen-bond donors (Lipinski definition) is 0. The summed E-state index contributed by atoms with van der Waals surface area (Å²) in [6, 6.07) is 7.70. The maximum atomic E-state index is 5.88. The summed E-state index contributed by atoms with van der Waals surface area (Å²) in [5.74, 6) is 6.59. The van der Waals surface area contributed by atoms with Crippen LogP contribution in [0.3, 0.4) is 0 Å². The molecule has 104 valence electrons. The molecule has 0 bridgehead atoms. The molecular weight excluding hydrogens is 264 g/mol. The minimum absolute atomic E-state index is 0.0909. The summed E-state index contributed by atoms with van der Waals surface area (Å²) >= 11 is 5.88. The van der Waals surface area contributed by atoms with Gasteiger partial charge in [0.1, 0.15) is 0 Å². The summed E-state index contributed by atoms with van der Waals surface area (Å²) in [6.07, 6.45) is 0.863. The number of hydrogen-bond acceptors (Lipinski definition) is 0. The van der Waals surface area contributed by atoms with Gasteiger partial charge in [-0.1, -0.05) is 41.5 Å². The summed E-state index contributed by atoms with van der Waals surface area (Å²) < 4.78 is 0. The Hall–Kier alpha value is -1.45. The molecule has 0 nitrogen and oxygen atoms in total. The molecule has 0 amide bonds. The molecule has 0 N–H and O–H groups in total. The van der Waals surface area contributed by atoms with E-state index in [0.29, 0.717) is 0 Å². The van der Waals surface area contributed by atoms with Crippen molar-refractivity contribution < 1.29 is 0 Å². The second-order valence-corrected chi connectivity index (χ2v) is 6.25. The van der Waals surface area contributed by atoms with Gasteiger partial charge >= 0.3 is 0 Å². The lowest BCUT2D eigenvalue weighted by Gasteiger charge is -2.26. The van der Waals surface area contributed by atoms with Gasteiger partial charge in [0.05, 0.1) is 0 Å². The molecule has 0 unspecified atom stereocenters. The Morgan fingerprint density at radius 3 is 1.95 bits per heavy atom. The van der Waals surface area contributed by atoms with Gasteiger partial charge in [0, 0.05) is 22.4 Å². The van der Waals surface area contributed by atoms with Gasteiger partial charge < -0.3 is 0 Å². The van der Waals surface area contributed by atoms with Gasteiger partial charge in [0.25, 0.3) is 0 Å². The third-order valence-corrected chi connectivity index (χ3v) is 5.11. The van der Waals surface area contributed by atoms with E-state index in [4.69, 9.17) is 11.6 Å². The predicted molar refractivity (Wildman–Crippen MR) is 87.8 cm³/mol. The fraction of sp³-hybridized carbons (Fsp3) is 0.368. The van der Waals surface area contributed by atoms with Crippen LogP contribution in [0.25, 0.3) is 0 Å². The fourth-order valence-corrected chi connectivity index (χ4v) is 2.92. The smallest absolute Gasteiger partial charge is 0.0406 e. The molecule has 1 aliphatic carbocycles. The van der Waals surface area contributed by atoms with Crippen LogP contribution in [0, 0.1) is 17.3 Å². The molecule has 1 aliphatic rings. The topological polar surface area (TPSA) is 0 Å². The number of halogens is 1. The highest BCUT2D eigenvalue weighted by Crippen LogP contribution is 2.48. The van der Waals surface area contributed by atoms with Gasteiger partial charge in [-0.15, -0.1) is 0 Å². The lowest BCUT2D eigenvalue weighted by Crippen LogP contribution is -2.16. The molecular formula is C19H21Cl. The maximum Gasteiger partial charge on any atom is 0.0406 e. The van der Waals surface area contributed by atoms with Crippen LogP contribution < -0.4 is 0 Å².